The van der Waals surface area contributed by atoms with E-state index in [0.29, 0.717) is 32.0 Å². The maximum atomic E-state index is 12.6. The Hall–Kier alpha value is -2.75. The molecule has 0 unspecified atom stereocenters. The number of carbonyl (C=O) groups is 2. The molecule has 30 heavy (non-hydrogen) atoms. The second-order valence-electron chi connectivity index (χ2n) is 6.72. The summed E-state index contributed by atoms with van der Waals surface area (Å²) in [5.74, 6) is -1.17. The van der Waals surface area contributed by atoms with Gasteiger partial charge in [-0.05, 0) is 48.4 Å². The number of morpholine rings is 1. The first-order chi connectivity index (χ1) is 14.4. The number of rotatable bonds is 7. The summed E-state index contributed by atoms with van der Waals surface area (Å²) < 4.78 is 36.7. The van der Waals surface area contributed by atoms with Crippen LogP contribution in [0.3, 0.4) is 0 Å². The molecule has 0 aliphatic carbocycles. The summed E-state index contributed by atoms with van der Waals surface area (Å²) in [4.78, 5) is 24.2. The van der Waals surface area contributed by atoms with Crippen LogP contribution in [0.15, 0.2) is 53.4 Å². The molecule has 0 aromatic heterocycles. The minimum Gasteiger partial charge on any atom is -0.452 e. The zero-order valence-corrected chi connectivity index (χ0v) is 17.5. The largest absolute Gasteiger partial charge is 0.452 e. The van der Waals surface area contributed by atoms with Crippen LogP contribution in [-0.2, 0) is 30.7 Å². The minimum absolute atomic E-state index is 0.0919. The van der Waals surface area contributed by atoms with E-state index in [-0.39, 0.29) is 10.5 Å². The maximum Gasteiger partial charge on any atom is 0.338 e. The van der Waals surface area contributed by atoms with Gasteiger partial charge in [-0.25, -0.2) is 13.2 Å². The number of ether oxygens (including phenoxy) is 2. The monoisotopic (exact) mass is 432 g/mol. The van der Waals surface area contributed by atoms with Crippen molar-refractivity contribution >= 4 is 27.6 Å². The molecular formula is C21H24N2O6S. The fraction of sp³-hybridized carbons (Fsp3) is 0.333. The molecule has 0 bridgehead atoms. The molecule has 2 aromatic carbocycles. The average molecular weight is 432 g/mol. The van der Waals surface area contributed by atoms with Crippen LogP contribution in [0.1, 0.15) is 22.8 Å². The normalized spacial score (nSPS) is 14.8. The van der Waals surface area contributed by atoms with Gasteiger partial charge in [-0.2, -0.15) is 4.31 Å². The van der Waals surface area contributed by atoms with Crippen LogP contribution in [0.5, 0.6) is 0 Å². The van der Waals surface area contributed by atoms with Gasteiger partial charge >= 0.3 is 5.97 Å². The Kier molecular flexibility index (Phi) is 7.20. The topological polar surface area (TPSA) is 102 Å². The van der Waals surface area contributed by atoms with E-state index in [1.807, 2.05) is 19.1 Å². The number of sulfonamides is 1. The highest BCUT2D eigenvalue weighted by Gasteiger charge is 2.26. The Labute approximate surface area is 175 Å². The number of hydrogen-bond acceptors (Lipinski definition) is 6. The highest BCUT2D eigenvalue weighted by Crippen LogP contribution is 2.18. The van der Waals surface area contributed by atoms with Gasteiger partial charge in [0.1, 0.15) is 0 Å². The lowest BCUT2D eigenvalue weighted by Crippen LogP contribution is -2.40. The van der Waals surface area contributed by atoms with Crippen LogP contribution in [0.25, 0.3) is 0 Å². The minimum atomic E-state index is -3.63. The van der Waals surface area contributed by atoms with Gasteiger partial charge in [0.05, 0.1) is 23.7 Å². The molecule has 1 fully saturated rings. The van der Waals surface area contributed by atoms with Gasteiger partial charge < -0.3 is 14.8 Å². The lowest BCUT2D eigenvalue weighted by molar-refractivity contribution is -0.119. The summed E-state index contributed by atoms with van der Waals surface area (Å²) in [5, 5.41) is 2.65. The molecule has 2 aromatic rings. The molecule has 0 radical (unpaired) electrons. The summed E-state index contributed by atoms with van der Waals surface area (Å²) in [5.41, 5.74) is 1.93. The highest BCUT2D eigenvalue weighted by atomic mass is 32.2. The molecule has 160 valence electrons. The Balaban J connectivity index is 1.54. The Morgan fingerprint density at radius 3 is 2.27 bits per heavy atom. The van der Waals surface area contributed by atoms with Crippen LogP contribution < -0.4 is 5.32 Å². The van der Waals surface area contributed by atoms with E-state index < -0.39 is 28.5 Å². The van der Waals surface area contributed by atoms with Gasteiger partial charge in [0.2, 0.25) is 10.0 Å². The van der Waals surface area contributed by atoms with Crippen molar-refractivity contribution in [1.29, 1.82) is 0 Å². The van der Waals surface area contributed by atoms with Crippen LogP contribution in [0, 0.1) is 0 Å². The molecule has 1 aliphatic rings. The van der Waals surface area contributed by atoms with Crippen molar-refractivity contribution in [2.75, 3.05) is 38.2 Å². The quantitative estimate of drug-likeness (QED) is 0.672. The Morgan fingerprint density at radius 2 is 1.67 bits per heavy atom. The molecule has 8 nitrogen and oxygen atoms in total. The van der Waals surface area contributed by atoms with Crippen molar-refractivity contribution in [3.8, 4) is 0 Å². The lowest BCUT2D eigenvalue weighted by Gasteiger charge is -2.26. The van der Waals surface area contributed by atoms with Crippen LogP contribution in [0.2, 0.25) is 0 Å². The van der Waals surface area contributed by atoms with E-state index in [1.54, 1.807) is 12.1 Å². The van der Waals surface area contributed by atoms with Gasteiger partial charge in [-0.15, -0.1) is 0 Å². The van der Waals surface area contributed by atoms with Crippen LogP contribution >= 0.6 is 0 Å². The molecule has 1 aliphatic heterocycles. The average Bonchev–Trinajstić information content (AvgIpc) is 2.78. The van der Waals surface area contributed by atoms with Gasteiger partial charge in [-0.3, -0.25) is 4.79 Å². The molecule has 1 heterocycles. The second kappa shape index (κ2) is 9.84. The second-order valence-corrected chi connectivity index (χ2v) is 8.65. The number of nitrogens with one attached hydrogen (secondary N) is 1. The first-order valence-electron chi connectivity index (χ1n) is 9.64. The van der Waals surface area contributed by atoms with Crippen LogP contribution in [-0.4, -0.2) is 57.5 Å². The molecule has 1 saturated heterocycles. The highest BCUT2D eigenvalue weighted by molar-refractivity contribution is 7.89. The molecule has 0 saturated carbocycles. The third kappa shape index (κ3) is 5.44. The van der Waals surface area contributed by atoms with E-state index >= 15 is 0 Å². The molecule has 1 N–H and O–H groups in total. The smallest absolute Gasteiger partial charge is 0.338 e. The predicted molar refractivity (Wildman–Crippen MR) is 111 cm³/mol. The van der Waals surface area contributed by atoms with Crippen molar-refractivity contribution in [1.82, 2.24) is 4.31 Å². The third-order valence-electron chi connectivity index (χ3n) is 4.68. The summed E-state index contributed by atoms with van der Waals surface area (Å²) in [6, 6.07) is 12.8. The zero-order valence-electron chi connectivity index (χ0n) is 16.7. The van der Waals surface area contributed by atoms with Gasteiger partial charge in [0.15, 0.2) is 6.61 Å². The van der Waals surface area contributed by atoms with Crippen molar-refractivity contribution in [2.45, 2.75) is 18.2 Å². The fourth-order valence-electron chi connectivity index (χ4n) is 2.93. The number of carbonyl (C=O) groups excluding carboxylic acids is 2. The number of esters is 1. The Bertz CT molecular complexity index is 981. The predicted octanol–water partition coefficient (Wildman–Crippen LogP) is 2.07. The number of amides is 1. The Morgan fingerprint density at radius 1 is 1.03 bits per heavy atom. The first-order valence-corrected chi connectivity index (χ1v) is 11.1. The lowest BCUT2D eigenvalue weighted by atomic mass is 10.1. The summed E-state index contributed by atoms with van der Waals surface area (Å²) in [6.07, 6.45) is 0.901. The molecule has 0 spiro atoms. The van der Waals surface area contributed by atoms with E-state index in [1.165, 1.54) is 28.6 Å². The van der Waals surface area contributed by atoms with Crippen LogP contribution in [0.4, 0.5) is 5.69 Å². The molecular weight excluding hydrogens is 408 g/mol. The van der Waals surface area contributed by atoms with Gasteiger partial charge in [-0.1, -0.05) is 19.1 Å². The zero-order chi connectivity index (χ0) is 21.6. The third-order valence-corrected chi connectivity index (χ3v) is 6.59. The van der Waals surface area contributed by atoms with Crippen molar-refractivity contribution in [2.24, 2.45) is 0 Å². The van der Waals surface area contributed by atoms with Gasteiger partial charge in [0.25, 0.3) is 5.91 Å². The maximum absolute atomic E-state index is 12.6. The van der Waals surface area contributed by atoms with Gasteiger partial charge in [0, 0.05) is 18.8 Å². The van der Waals surface area contributed by atoms with E-state index in [4.69, 9.17) is 9.47 Å². The van der Waals surface area contributed by atoms with E-state index in [0.717, 1.165) is 12.0 Å². The SMILES string of the molecule is CCc1ccc(NC(=O)COC(=O)c2ccc(S(=O)(=O)N3CCOCC3)cc2)cc1. The first kappa shape index (κ1) is 21.9. The number of aryl methyl sites for hydroxylation is 1. The number of nitrogens with zero attached hydrogens (tertiary/aromatic N) is 1. The molecule has 9 heteroatoms. The molecule has 0 atom stereocenters. The molecule has 3 rings (SSSR count). The standard InChI is InChI=1S/C21H24N2O6S/c1-2-16-3-7-18(8-4-16)22-20(24)15-29-21(25)17-5-9-19(10-6-17)30(26,27)23-11-13-28-14-12-23/h3-10H,2,11-15H2,1H3,(H,22,24). The number of hydrogen-bond donors (Lipinski definition) is 1. The number of benzene rings is 2. The van der Waals surface area contributed by atoms with Crippen molar-refractivity contribution in [3.05, 3.63) is 59.7 Å². The molecule has 1 amide bonds. The van der Waals surface area contributed by atoms with E-state index in [9.17, 15) is 18.0 Å². The summed E-state index contributed by atoms with van der Waals surface area (Å²) >= 11 is 0. The number of anilines is 1. The van der Waals surface area contributed by atoms with Crippen molar-refractivity contribution in [3.63, 3.8) is 0 Å². The summed E-state index contributed by atoms with van der Waals surface area (Å²) in [6.45, 7) is 2.90. The summed E-state index contributed by atoms with van der Waals surface area (Å²) in [7, 11) is -3.63. The van der Waals surface area contributed by atoms with Crippen molar-refractivity contribution < 1.29 is 27.5 Å². The van der Waals surface area contributed by atoms with E-state index in [2.05, 4.69) is 5.32 Å². The fourth-order valence-corrected chi connectivity index (χ4v) is 4.34.